The summed E-state index contributed by atoms with van der Waals surface area (Å²) in [6.45, 7) is 4.76. The van der Waals surface area contributed by atoms with Crippen LogP contribution in [0.4, 0.5) is 5.69 Å². The van der Waals surface area contributed by atoms with Gasteiger partial charge < -0.3 is 15.8 Å². The third-order valence-electron chi connectivity index (χ3n) is 3.06. The van der Waals surface area contributed by atoms with Crippen molar-refractivity contribution in [2.45, 2.75) is 26.7 Å². The van der Waals surface area contributed by atoms with E-state index in [1.807, 2.05) is 0 Å². The quantitative estimate of drug-likeness (QED) is 0.812. The summed E-state index contributed by atoms with van der Waals surface area (Å²) in [5, 5.41) is 3.31. The number of carbonyl (C=O) groups excluding carboxylic acids is 1. The van der Waals surface area contributed by atoms with E-state index in [1.165, 1.54) is 0 Å². The second-order valence-corrected chi connectivity index (χ2v) is 5.74. The molecule has 0 bridgehead atoms. The Labute approximate surface area is 125 Å². The molecular weight excluding hydrogens is 276 g/mol. The van der Waals surface area contributed by atoms with Crippen molar-refractivity contribution in [3.05, 3.63) is 23.2 Å². The number of hydrogen-bond donors (Lipinski definition) is 2. The third-order valence-corrected chi connectivity index (χ3v) is 3.39. The maximum atomic E-state index is 12.0. The van der Waals surface area contributed by atoms with Crippen LogP contribution in [-0.4, -0.2) is 19.6 Å². The lowest BCUT2D eigenvalue weighted by Crippen LogP contribution is -2.23. The lowest BCUT2D eigenvalue weighted by molar-refractivity contribution is -0.117. The van der Waals surface area contributed by atoms with Crippen LogP contribution in [-0.2, 0) is 4.79 Å². The number of nitrogens with two attached hydrogens (primary N) is 1. The van der Waals surface area contributed by atoms with Gasteiger partial charge >= 0.3 is 0 Å². The molecule has 0 aliphatic rings. The van der Waals surface area contributed by atoms with Gasteiger partial charge in [0.05, 0.1) is 17.8 Å². The summed E-state index contributed by atoms with van der Waals surface area (Å²) in [5.74, 6) is 1.30. The Morgan fingerprint density at radius 3 is 2.70 bits per heavy atom. The van der Waals surface area contributed by atoms with Crippen LogP contribution in [0.1, 0.15) is 26.7 Å². The minimum absolute atomic E-state index is 0.0729. The largest absolute Gasteiger partial charge is 0.497 e. The van der Waals surface area contributed by atoms with Gasteiger partial charge in [-0.2, -0.15) is 0 Å². The number of rotatable bonds is 7. The van der Waals surface area contributed by atoms with E-state index in [0.717, 1.165) is 6.42 Å². The first-order chi connectivity index (χ1) is 9.46. The van der Waals surface area contributed by atoms with Gasteiger partial charge in [0.2, 0.25) is 5.91 Å². The summed E-state index contributed by atoms with van der Waals surface area (Å²) in [6, 6.07) is 5.16. The first-order valence-corrected chi connectivity index (χ1v) is 7.17. The van der Waals surface area contributed by atoms with E-state index in [4.69, 9.17) is 22.1 Å². The molecular formula is C15H23ClN2O2. The van der Waals surface area contributed by atoms with Crippen LogP contribution in [0.2, 0.25) is 5.02 Å². The van der Waals surface area contributed by atoms with Crippen molar-refractivity contribution in [1.82, 2.24) is 0 Å². The molecule has 4 nitrogen and oxygen atoms in total. The first-order valence-electron chi connectivity index (χ1n) is 6.79. The van der Waals surface area contributed by atoms with Crippen molar-refractivity contribution in [2.24, 2.45) is 17.6 Å². The molecule has 0 radical (unpaired) electrons. The Morgan fingerprint density at radius 1 is 1.45 bits per heavy atom. The van der Waals surface area contributed by atoms with Crippen LogP contribution < -0.4 is 15.8 Å². The van der Waals surface area contributed by atoms with Crippen molar-refractivity contribution in [3.8, 4) is 5.75 Å². The number of benzene rings is 1. The molecule has 1 atom stereocenters. The van der Waals surface area contributed by atoms with Crippen molar-refractivity contribution in [1.29, 1.82) is 0 Å². The Morgan fingerprint density at radius 2 is 2.15 bits per heavy atom. The van der Waals surface area contributed by atoms with Gasteiger partial charge in [-0.3, -0.25) is 4.79 Å². The van der Waals surface area contributed by atoms with E-state index in [9.17, 15) is 4.79 Å². The number of ether oxygens (including phenoxy) is 1. The molecule has 0 aliphatic heterocycles. The van der Waals surface area contributed by atoms with Crippen LogP contribution in [0.5, 0.6) is 5.75 Å². The van der Waals surface area contributed by atoms with E-state index in [1.54, 1.807) is 25.3 Å². The molecule has 0 aliphatic carbocycles. The fraction of sp³-hybridized carbons (Fsp3) is 0.533. The standard InChI is InChI=1S/C15H23ClN2O2/c1-10(2)6-11(9-17)7-15(19)18-14-8-12(20-3)4-5-13(14)16/h4-5,8,10-11H,6-7,9,17H2,1-3H3,(H,18,19)/t11-/m0/s1. The summed E-state index contributed by atoms with van der Waals surface area (Å²) in [5.41, 5.74) is 6.28. The predicted octanol–water partition coefficient (Wildman–Crippen LogP) is 3.30. The molecule has 0 saturated carbocycles. The monoisotopic (exact) mass is 298 g/mol. The smallest absolute Gasteiger partial charge is 0.224 e. The summed E-state index contributed by atoms with van der Waals surface area (Å²) in [6.07, 6.45) is 1.35. The van der Waals surface area contributed by atoms with E-state index >= 15 is 0 Å². The highest BCUT2D eigenvalue weighted by Crippen LogP contribution is 2.27. The number of anilines is 1. The average molecular weight is 299 g/mol. The molecule has 0 fully saturated rings. The zero-order valence-electron chi connectivity index (χ0n) is 12.3. The van der Waals surface area contributed by atoms with E-state index < -0.39 is 0 Å². The molecule has 3 N–H and O–H groups in total. The number of methoxy groups -OCH3 is 1. The zero-order chi connectivity index (χ0) is 15.1. The Balaban J connectivity index is 2.65. The number of amides is 1. The highest BCUT2D eigenvalue weighted by Gasteiger charge is 2.15. The molecule has 0 heterocycles. The minimum Gasteiger partial charge on any atom is -0.497 e. The maximum absolute atomic E-state index is 12.0. The molecule has 1 amide bonds. The molecule has 112 valence electrons. The number of nitrogens with one attached hydrogen (secondary N) is 1. The van der Waals surface area contributed by atoms with Gasteiger partial charge in [-0.1, -0.05) is 25.4 Å². The third kappa shape index (κ3) is 5.39. The van der Waals surface area contributed by atoms with Gasteiger partial charge in [-0.15, -0.1) is 0 Å². The fourth-order valence-electron chi connectivity index (χ4n) is 2.12. The topological polar surface area (TPSA) is 64.3 Å². The lowest BCUT2D eigenvalue weighted by atomic mass is 9.94. The van der Waals surface area contributed by atoms with Gasteiger partial charge in [0.25, 0.3) is 0 Å². The Hall–Kier alpha value is -1.26. The van der Waals surface area contributed by atoms with Crippen molar-refractivity contribution in [2.75, 3.05) is 19.0 Å². The normalized spacial score (nSPS) is 12.3. The van der Waals surface area contributed by atoms with E-state index in [0.29, 0.717) is 35.3 Å². The minimum atomic E-state index is -0.0729. The van der Waals surface area contributed by atoms with E-state index in [-0.39, 0.29) is 11.8 Å². The highest BCUT2D eigenvalue weighted by atomic mass is 35.5. The van der Waals surface area contributed by atoms with Crippen molar-refractivity contribution in [3.63, 3.8) is 0 Å². The highest BCUT2D eigenvalue weighted by molar-refractivity contribution is 6.33. The maximum Gasteiger partial charge on any atom is 0.224 e. The van der Waals surface area contributed by atoms with Gasteiger partial charge in [0.1, 0.15) is 5.75 Å². The average Bonchev–Trinajstić information content (AvgIpc) is 2.40. The van der Waals surface area contributed by atoms with Gasteiger partial charge in [-0.05, 0) is 36.9 Å². The molecule has 1 rings (SSSR count). The Kier molecular flexibility index (Phi) is 6.82. The van der Waals surface area contributed by atoms with Crippen LogP contribution in [0, 0.1) is 11.8 Å². The molecule has 5 heteroatoms. The SMILES string of the molecule is COc1ccc(Cl)c(NC(=O)C[C@@H](CN)CC(C)C)c1. The summed E-state index contributed by atoms with van der Waals surface area (Å²) >= 11 is 6.06. The summed E-state index contributed by atoms with van der Waals surface area (Å²) < 4.78 is 5.12. The van der Waals surface area contributed by atoms with Crippen LogP contribution in [0.3, 0.4) is 0 Å². The molecule has 20 heavy (non-hydrogen) atoms. The number of hydrogen-bond acceptors (Lipinski definition) is 3. The summed E-state index contributed by atoms with van der Waals surface area (Å²) in [4.78, 5) is 12.0. The van der Waals surface area contributed by atoms with Gasteiger partial charge in [-0.25, -0.2) is 0 Å². The lowest BCUT2D eigenvalue weighted by Gasteiger charge is -2.17. The predicted molar refractivity (Wildman–Crippen MR) is 83.3 cm³/mol. The van der Waals surface area contributed by atoms with Crippen molar-refractivity contribution >= 4 is 23.2 Å². The fourth-order valence-corrected chi connectivity index (χ4v) is 2.28. The zero-order valence-corrected chi connectivity index (χ0v) is 13.0. The van der Waals surface area contributed by atoms with Gasteiger partial charge in [0.15, 0.2) is 0 Å². The Bertz CT molecular complexity index is 449. The molecule has 0 spiro atoms. The van der Waals surface area contributed by atoms with Crippen molar-refractivity contribution < 1.29 is 9.53 Å². The van der Waals surface area contributed by atoms with E-state index in [2.05, 4.69) is 19.2 Å². The molecule has 0 unspecified atom stereocenters. The van der Waals surface area contributed by atoms with Crippen LogP contribution >= 0.6 is 11.6 Å². The molecule has 1 aromatic carbocycles. The number of halogens is 1. The van der Waals surface area contributed by atoms with Gasteiger partial charge in [0, 0.05) is 12.5 Å². The molecule has 1 aromatic rings. The van der Waals surface area contributed by atoms with Crippen LogP contribution in [0.25, 0.3) is 0 Å². The number of carbonyl (C=O) groups is 1. The first kappa shape index (κ1) is 16.8. The second-order valence-electron chi connectivity index (χ2n) is 5.33. The second kappa shape index (κ2) is 8.12. The molecule has 0 aromatic heterocycles. The summed E-state index contributed by atoms with van der Waals surface area (Å²) in [7, 11) is 1.57. The van der Waals surface area contributed by atoms with Crippen LogP contribution in [0.15, 0.2) is 18.2 Å². The molecule has 0 saturated heterocycles.